The first-order chi connectivity index (χ1) is 8.62. The van der Waals surface area contributed by atoms with E-state index in [2.05, 4.69) is 0 Å². The van der Waals surface area contributed by atoms with Gasteiger partial charge in [-0.2, -0.15) is 0 Å². The lowest BCUT2D eigenvalue weighted by Gasteiger charge is -2.32. The third kappa shape index (κ3) is 2.55. The summed E-state index contributed by atoms with van der Waals surface area (Å²) < 4.78 is 12.0. The van der Waals surface area contributed by atoms with Gasteiger partial charge < -0.3 is 20.8 Å². The van der Waals surface area contributed by atoms with Crippen LogP contribution in [0.4, 0.5) is 0 Å². The van der Waals surface area contributed by atoms with Gasteiger partial charge in [-0.15, -0.1) is 0 Å². The molecule has 1 heterocycles. The molecule has 0 aromatic heterocycles. The number of hydrogen-bond donors (Lipinski definition) is 2. The Bertz CT molecular complexity index is 453. The zero-order valence-electron chi connectivity index (χ0n) is 11.9. The van der Waals surface area contributed by atoms with Gasteiger partial charge in [-0.05, 0) is 40.2 Å². The molecule has 1 saturated heterocycles. The van der Waals surface area contributed by atoms with Gasteiger partial charge in [0.05, 0.1) is 11.2 Å². The fourth-order valence-electron chi connectivity index (χ4n) is 2.26. The number of carbonyl (C=O) groups is 1. The molecule has 104 valence electrons. The number of carbonyl (C=O) groups excluding carboxylic acids is 1. The summed E-state index contributed by atoms with van der Waals surface area (Å²) in [6.07, 6.45) is 4.01. The van der Waals surface area contributed by atoms with Crippen LogP contribution in [-0.2, 0) is 14.1 Å². The maximum Gasteiger partial charge on any atom is 0.465 e. The molecule has 5 nitrogen and oxygen atoms in total. The number of rotatable bonds is 2. The van der Waals surface area contributed by atoms with E-state index in [-0.39, 0.29) is 5.82 Å². The zero-order chi connectivity index (χ0) is 14.4. The van der Waals surface area contributed by atoms with E-state index < -0.39 is 24.2 Å². The molecule has 0 bridgehead atoms. The van der Waals surface area contributed by atoms with E-state index in [1.807, 2.05) is 27.7 Å². The predicted molar refractivity (Wildman–Crippen MR) is 74.0 cm³/mol. The molecular formula is C13H21BN2O3. The minimum Gasteiger partial charge on any atom is -0.403 e. The second-order valence-electron chi connectivity index (χ2n) is 6.20. The van der Waals surface area contributed by atoms with Crippen molar-refractivity contribution in [1.82, 2.24) is 0 Å². The lowest BCUT2D eigenvalue weighted by molar-refractivity contribution is -0.114. The maximum atomic E-state index is 11.3. The van der Waals surface area contributed by atoms with Crippen molar-refractivity contribution in [1.29, 1.82) is 0 Å². The summed E-state index contributed by atoms with van der Waals surface area (Å²) in [5.41, 5.74) is 11.4. The van der Waals surface area contributed by atoms with Gasteiger partial charge in [-0.25, -0.2) is 0 Å². The summed E-state index contributed by atoms with van der Waals surface area (Å²) in [6.45, 7) is 7.98. The first kappa shape index (κ1) is 14.2. The number of nitrogens with two attached hydrogens (primary N) is 2. The number of hydrogen-bond acceptors (Lipinski definition) is 4. The highest BCUT2D eigenvalue weighted by atomic mass is 16.7. The molecule has 19 heavy (non-hydrogen) atoms. The average molecular weight is 264 g/mol. The van der Waals surface area contributed by atoms with E-state index in [0.29, 0.717) is 17.7 Å². The largest absolute Gasteiger partial charge is 0.465 e. The fourth-order valence-corrected chi connectivity index (χ4v) is 2.26. The minimum atomic E-state index is -0.482. The Balaban J connectivity index is 2.21. The van der Waals surface area contributed by atoms with Gasteiger partial charge in [-0.3, -0.25) is 4.79 Å². The normalized spacial score (nSPS) is 28.8. The highest BCUT2D eigenvalue weighted by Gasteiger charge is 2.53. The molecule has 0 spiro atoms. The van der Waals surface area contributed by atoms with Gasteiger partial charge in [0.1, 0.15) is 0 Å². The molecular weight excluding hydrogens is 243 g/mol. The van der Waals surface area contributed by atoms with Crippen LogP contribution < -0.4 is 11.5 Å². The van der Waals surface area contributed by atoms with Gasteiger partial charge in [-0.1, -0.05) is 6.08 Å². The SMILES string of the molecule is CC1(C)OB(C2C=C(C(N)=O)C=C(N)C2)OC1(C)C. The highest BCUT2D eigenvalue weighted by molar-refractivity contribution is 6.48. The zero-order valence-corrected chi connectivity index (χ0v) is 11.9. The molecule has 2 rings (SSSR count). The summed E-state index contributed by atoms with van der Waals surface area (Å²) >= 11 is 0. The Morgan fingerprint density at radius 2 is 1.84 bits per heavy atom. The van der Waals surface area contributed by atoms with E-state index in [1.54, 1.807) is 12.2 Å². The first-order valence-electron chi connectivity index (χ1n) is 6.46. The number of allylic oxidation sites excluding steroid dienone is 2. The Morgan fingerprint density at radius 1 is 1.32 bits per heavy atom. The Labute approximate surface area is 114 Å². The number of amides is 1. The van der Waals surface area contributed by atoms with Crippen molar-refractivity contribution >= 4 is 13.0 Å². The van der Waals surface area contributed by atoms with E-state index in [4.69, 9.17) is 20.8 Å². The minimum absolute atomic E-state index is 0.0893. The summed E-state index contributed by atoms with van der Waals surface area (Å²) in [4.78, 5) is 11.3. The molecule has 6 heteroatoms. The summed E-state index contributed by atoms with van der Waals surface area (Å²) in [5.74, 6) is -0.572. The lowest BCUT2D eigenvalue weighted by Crippen LogP contribution is -2.41. The van der Waals surface area contributed by atoms with Gasteiger partial charge in [0.15, 0.2) is 0 Å². The van der Waals surface area contributed by atoms with Crippen molar-refractivity contribution in [2.45, 2.75) is 51.1 Å². The topological polar surface area (TPSA) is 87.6 Å². The van der Waals surface area contributed by atoms with Crippen LogP contribution in [0.25, 0.3) is 0 Å². The molecule has 4 N–H and O–H groups in total. The lowest BCUT2D eigenvalue weighted by atomic mass is 9.67. The monoisotopic (exact) mass is 264 g/mol. The molecule has 1 unspecified atom stereocenters. The molecule has 1 aliphatic heterocycles. The summed E-state index contributed by atoms with van der Waals surface area (Å²) in [7, 11) is -0.411. The standard InChI is InChI=1S/C13H21BN2O3/c1-12(2)13(3,4)19-14(18-12)9-5-8(11(16)17)6-10(15)7-9/h5-6,9H,7,15H2,1-4H3,(H2,16,17). The molecule has 0 radical (unpaired) electrons. The molecule has 1 atom stereocenters. The predicted octanol–water partition coefficient (Wildman–Crippen LogP) is 1.11. The van der Waals surface area contributed by atoms with E-state index in [0.717, 1.165) is 0 Å². The molecule has 2 aliphatic rings. The van der Waals surface area contributed by atoms with Crippen molar-refractivity contribution in [3.8, 4) is 0 Å². The summed E-state index contributed by atoms with van der Waals surface area (Å²) in [5, 5.41) is 0. The number of primary amides is 1. The van der Waals surface area contributed by atoms with Crippen LogP contribution in [0.3, 0.4) is 0 Å². The molecule has 0 aromatic rings. The van der Waals surface area contributed by atoms with Crippen molar-refractivity contribution in [2.24, 2.45) is 11.5 Å². The second-order valence-corrected chi connectivity index (χ2v) is 6.20. The van der Waals surface area contributed by atoms with Crippen LogP contribution in [0, 0.1) is 0 Å². The fraction of sp³-hybridized carbons (Fsp3) is 0.615. The molecule has 0 aromatic carbocycles. The van der Waals surface area contributed by atoms with E-state index >= 15 is 0 Å². The highest BCUT2D eigenvalue weighted by Crippen LogP contribution is 2.42. The average Bonchev–Trinajstić information content (AvgIpc) is 2.47. The molecule has 0 saturated carbocycles. The van der Waals surface area contributed by atoms with Gasteiger partial charge in [0.2, 0.25) is 5.91 Å². The van der Waals surface area contributed by atoms with Crippen LogP contribution in [0.1, 0.15) is 34.1 Å². The van der Waals surface area contributed by atoms with Gasteiger partial charge in [0, 0.05) is 17.1 Å². The third-order valence-electron chi connectivity index (χ3n) is 4.11. The third-order valence-corrected chi connectivity index (χ3v) is 4.11. The smallest absolute Gasteiger partial charge is 0.403 e. The Hall–Kier alpha value is -1.27. The van der Waals surface area contributed by atoms with Gasteiger partial charge in [0.25, 0.3) is 0 Å². The van der Waals surface area contributed by atoms with Crippen LogP contribution in [0.5, 0.6) is 0 Å². The maximum absolute atomic E-state index is 11.3. The van der Waals surface area contributed by atoms with Crippen molar-refractivity contribution in [3.05, 3.63) is 23.4 Å². The summed E-state index contributed by atoms with van der Waals surface area (Å²) in [6, 6.07) is 0. The van der Waals surface area contributed by atoms with Crippen molar-refractivity contribution in [3.63, 3.8) is 0 Å². The van der Waals surface area contributed by atoms with Crippen LogP contribution in [0.15, 0.2) is 23.4 Å². The molecule has 1 fully saturated rings. The molecule has 1 aliphatic carbocycles. The quantitative estimate of drug-likeness (QED) is 0.731. The first-order valence-corrected chi connectivity index (χ1v) is 6.46. The molecule has 1 amide bonds. The van der Waals surface area contributed by atoms with Crippen molar-refractivity contribution < 1.29 is 14.1 Å². The van der Waals surface area contributed by atoms with E-state index in [9.17, 15) is 4.79 Å². The second kappa shape index (κ2) is 4.39. The van der Waals surface area contributed by atoms with E-state index in [1.165, 1.54) is 0 Å². The van der Waals surface area contributed by atoms with Crippen molar-refractivity contribution in [2.75, 3.05) is 0 Å². The Morgan fingerprint density at radius 3 is 2.32 bits per heavy atom. The Kier molecular flexibility index (Phi) is 3.27. The van der Waals surface area contributed by atoms with Crippen LogP contribution in [0.2, 0.25) is 5.82 Å². The van der Waals surface area contributed by atoms with Gasteiger partial charge >= 0.3 is 7.12 Å². The van der Waals surface area contributed by atoms with Crippen LogP contribution in [-0.4, -0.2) is 24.2 Å². The van der Waals surface area contributed by atoms with Crippen LogP contribution >= 0.6 is 0 Å².